The number of aromatic nitrogens is 2. The summed E-state index contributed by atoms with van der Waals surface area (Å²) in [5.41, 5.74) is 4.93. The van der Waals surface area contributed by atoms with E-state index in [0.717, 1.165) is 58.2 Å². The van der Waals surface area contributed by atoms with Crippen LogP contribution in [0.5, 0.6) is 5.75 Å². The topological polar surface area (TPSA) is 63.8 Å². The summed E-state index contributed by atoms with van der Waals surface area (Å²) in [6.07, 6.45) is 2.41. The van der Waals surface area contributed by atoms with E-state index in [0.29, 0.717) is 4.88 Å². The van der Waals surface area contributed by atoms with Crippen LogP contribution in [0.1, 0.15) is 46.9 Å². The molecular weight excluding hydrogens is 336 g/mol. The van der Waals surface area contributed by atoms with Crippen LogP contribution >= 0.6 is 11.3 Å². The summed E-state index contributed by atoms with van der Waals surface area (Å²) >= 11 is 1.26. The molecule has 132 valence electrons. The van der Waals surface area contributed by atoms with Gasteiger partial charge in [0.2, 0.25) is 0 Å². The van der Waals surface area contributed by atoms with Crippen molar-refractivity contribution in [3.8, 4) is 17.0 Å². The number of ether oxygens (including phenoxy) is 1. The van der Waals surface area contributed by atoms with Gasteiger partial charge in [0.1, 0.15) is 10.6 Å². The maximum absolute atomic E-state index is 11.6. The van der Waals surface area contributed by atoms with Crippen molar-refractivity contribution in [1.29, 1.82) is 0 Å². The fraction of sp³-hybridized carbons (Fsp3) is 0.368. The summed E-state index contributed by atoms with van der Waals surface area (Å²) in [6.45, 7) is 6.15. The quantitative estimate of drug-likeness (QED) is 0.700. The lowest BCUT2D eigenvalue weighted by molar-refractivity contribution is 0.0700. The fourth-order valence-electron chi connectivity index (χ4n) is 3.24. The Balaban J connectivity index is 2.24. The van der Waals surface area contributed by atoms with Crippen molar-refractivity contribution in [3.05, 3.63) is 40.0 Å². The average molecular weight is 358 g/mol. The molecule has 0 atom stereocenters. The fourth-order valence-corrected chi connectivity index (χ4v) is 4.27. The average Bonchev–Trinajstić information content (AvgIpc) is 3.11. The number of benzene rings is 1. The van der Waals surface area contributed by atoms with Gasteiger partial charge in [0.15, 0.2) is 4.96 Å². The van der Waals surface area contributed by atoms with E-state index in [1.165, 1.54) is 11.3 Å². The van der Waals surface area contributed by atoms with Gasteiger partial charge in [-0.25, -0.2) is 9.78 Å². The highest BCUT2D eigenvalue weighted by Crippen LogP contribution is 2.34. The number of carbonyl (C=O) groups is 1. The molecule has 0 aliphatic carbocycles. The molecule has 25 heavy (non-hydrogen) atoms. The largest absolute Gasteiger partial charge is 0.496 e. The van der Waals surface area contributed by atoms with Gasteiger partial charge in [-0.1, -0.05) is 31.6 Å². The first-order valence-electron chi connectivity index (χ1n) is 8.43. The van der Waals surface area contributed by atoms with Gasteiger partial charge in [0, 0.05) is 11.3 Å². The predicted octanol–water partition coefficient (Wildman–Crippen LogP) is 4.59. The van der Waals surface area contributed by atoms with E-state index in [2.05, 4.69) is 19.9 Å². The minimum Gasteiger partial charge on any atom is -0.496 e. The van der Waals surface area contributed by atoms with Gasteiger partial charge in [-0.05, 0) is 43.5 Å². The summed E-state index contributed by atoms with van der Waals surface area (Å²) < 4.78 is 7.39. The van der Waals surface area contributed by atoms with E-state index >= 15 is 0 Å². The molecule has 1 N–H and O–H groups in total. The Bertz CT molecular complexity index is 940. The van der Waals surface area contributed by atoms with Crippen LogP contribution < -0.4 is 4.74 Å². The molecule has 0 fully saturated rings. The Morgan fingerprint density at radius 3 is 2.64 bits per heavy atom. The predicted molar refractivity (Wildman–Crippen MR) is 100 cm³/mol. The van der Waals surface area contributed by atoms with E-state index in [1.807, 2.05) is 23.5 Å². The number of hydrogen-bond donors (Lipinski definition) is 1. The zero-order valence-electron chi connectivity index (χ0n) is 14.9. The molecule has 0 saturated carbocycles. The van der Waals surface area contributed by atoms with Crippen LogP contribution in [0, 0.1) is 6.92 Å². The van der Waals surface area contributed by atoms with E-state index in [9.17, 15) is 9.90 Å². The maximum atomic E-state index is 11.6. The zero-order chi connectivity index (χ0) is 18.1. The standard InChI is InChI=1S/C19H22N2O3S/c1-5-7-14-17(18(22)23)25-19-20-16(13(6-2)21(14)19)12-8-9-15(24-4)11(3)10-12/h8-10H,5-7H2,1-4H3,(H,22,23). The number of fused-ring (bicyclic) bond motifs is 1. The normalized spacial score (nSPS) is 11.2. The number of hydrogen-bond acceptors (Lipinski definition) is 4. The van der Waals surface area contributed by atoms with Crippen LogP contribution in [0.2, 0.25) is 0 Å². The minimum absolute atomic E-state index is 0.400. The number of rotatable bonds is 6. The maximum Gasteiger partial charge on any atom is 0.347 e. The van der Waals surface area contributed by atoms with Crippen molar-refractivity contribution in [2.24, 2.45) is 0 Å². The van der Waals surface area contributed by atoms with E-state index in [-0.39, 0.29) is 0 Å². The van der Waals surface area contributed by atoms with Gasteiger partial charge in [-0.3, -0.25) is 4.40 Å². The van der Waals surface area contributed by atoms with Crippen LogP contribution in [0.25, 0.3) is 16.2 Å². The summed E-state index contributed by atoms with van der Waals surface area (Å²) in [5, 5.41) is 9.51. The highest BCUT2D eigenvalue weighted by molar-refractivity contribution is 7.19. The number of carboxylic acid groups (broad SMARTS) is 1. The number of carboxylic acids is 1. The Morgan fingerprint density at radius 2 is 2.08 bits per heavy atom. The lowest BCUT2D eigenvalue weighted by Gasteiger charge is -2.08. The molecule has 5 nitrogen and oxygen atoms in total. The Hall–Kier alpha value is -2.34. The molecule has 0 spiro atoms. The molecule has 1 aromatic carbocycles. The molecule has 0 bridgehead atoms. The molecule has 3 rings (SSSR count). The van der Waals surface area contributed by atoms with Crippen LogP contribution in [-0.4, -0.2) is 27.6 Å². The molecule has 0 aliphatic heterocycles. The Labute approximate surface area is 150 Å². The van der Waals surface area contributed by atoms with Crippen molar-refractivity contribution in [2.75, 3.05) is 7.11 Å². The lowest BCUT2D eigenvalue weighted by Crippen LogP contribution is -2.04. The summed E-state index contributed by atoms with van der Waals surface area (Å²) in [7, 11) is 1.66. The minimum atomic E-state index is -0.872. The second kappa shape index (κ2) is 6.88. The number of aryl methyl sites for hydroxylation is 3. The second-order valence-corrected chi connectivity index (χ2v) is 6.97. The number of methoxy groups -OCH3 is 1. The number of imidazole rings is 1. The third kappa shape index (κ3) is 2.91. The van der Waals surface area contributed by atoms with Crippen molar-refractivity contribution >= 4 is 22.3 Å². The molecular formula is C19H22N2O3S. The van der Waals surface area contributed by atoms with Crippen LogP contribution in [0.3, 0.4) is 0 Å². The van der Waals surface area contributed by atoms with Gasteiger partial charge in [-0.2, -0.15) is 0 Å². The van der Waals surface area contributed by atoms with Gasteiger partial charge < -0.3 is 9.84 Å². The lowest BCUT2D eigenvalue weighted by atomic mass is 10.1. The third-order valence-corrected chi connectivity index (χ3v) is 5.42. The van der Waals surface area contributed by atoms with E-state index < -0.39 is 5.97 Å². The summed E-state index contributed by atoms with van der Waals surface area (Å²) in [4.78, 5) is 17.5. The van der Waals surface area contributed by atoms with Gasteiger partial charge in [-0.15, -0.1) is 0 Å². The number of aromatic carboxylic acids is 1. The number of thiazole rings is 1. The zero-order valence-corrected chi connectivity index (χ0v) is 15.7. The van der Waals surface area contributed by atoms with Crippen molar-refractivity contribution in [1.82, 2.24) is 9.38 Å². The first-order valence-corrected chi connectivity index (χ1v) is 9.24. The van der Waals surface area contributed by atoms with E-state index in [4.69, 9.17) is 9.72 Å². The number of nitrogens with zero attached hydrogens (tertiary/aromatic N) is 2. The van der Waals surface area contributed by atoms with Crippen LogP contribution in [0.4, 0.5) is 0 Å². The Morgan fingerprint density at radius 1 is 1.32 bits per heavy atom. The Kier molecular flexibility index (Phi) is 4.81. The first kappa shape index (κ1) is 17.5. The highest BCUT2D eigenvalue weighted by atomic mass is 32.1. The summed E-state index contributed by atoms with van der Waals surface area (Å²) in [5.74, 6) is -0.0227. The molecule has 0 aliphatic rings. The molecule has 0 saturated heterocycles. The van der Waals surface area contributed by atoms with Gasteiger partial charge >= 0.3 is 5.97 Å². The first-order chi connectivity index (χ1) is 12.0. The smallest absolute Gasteiger partial charge is 0.347 e. The van der Waals surface area contributed by atoms with Crippen LogP contribution in [-0.2, 0) is 12.8 Å². The van der Waals surface area contributed by atoms with Crippen molar-refractivity contribution in [3.63, 3.8) is 0 Å². The van der Waals surface area contributed by atoms with Crippen LogP contribution in [0.15, 0.2) is 18.2 Å². The monoisotopic (exact) mass is 358 g/mol. The van der Waals surface area contributed by atoms with Crippen molar-refractivity contribution in [2.45, 2.75) is 40.0 Å². The molecule has 0 unspecified atom stereocenters. The highest BCUT2D eigenvalue weighted by Gasteiger charge is 2.23. The van der Waals surface area contributed by atoms with Gasteiger partial charge in [0.25, 0.3) is 0 Å². The van der Waals surface area contributed by atoms with Gasteiger partial charge in [0.05, 0.1) is 18.5 Å². The third-order valence-electron chi connectivity index (χ3n) is 4.35. The SMILES string of the molecule is CCCc1c(C(=O)O)sc2nc(-c3ccc(OC)c(C)c3)c(CC)n12. The van der Waals surface area contributed by atoms with E-state index in [1.54, 1.807) is 7.11 Å². The molecule has 2 aromatic heterocycles. The molecule has 0 radical (unpaired) electrons. The van der Waals surface area contributed by atoms with Crippen molar-refractivity contribution < 1.29 is 14.6 Å². The summed E-state index contributed by atoms with van der Waals surface area (Å²) in [6, 6.07) is 6.03. The molecule has 2 heterocycles. The molecule has 0 amide bonds. The molecule has 6 heteroatoms. The second-order valence-electron chi connectivity index (χ2n) is 6.00. The molecule has 3 aromatic rings.